The molecule has 0 aliphatic heterocycles. The lowest BCUT2D eigenvalue weighted by atomic mass is 9.57. The van der Waals surface area contributed by atoms with Gasteiger partial charge < -0.3 is 20.4 Å². The van der Waals surface area contributed by atoms with E-state index in [1.54, 1.807) is 20.8 Å². The van der Waals surface area contributed by atoms with Crippen molar-refractivity contribution in [2.75, 3.05) is 0 Å². The van der Waals surface area contributed by atoms with Crippen molar-refractivity contribution in [2.24, 2.45) is 5.41 Å². The molecule has 1 fully saturated rings. The molecule has 0 aromatic carbocycles. The summed E-state index contributed by atoms with van der Waals surface area (Å²) in [4.78, 5) is 0. The first-order valence-corrected chi connectivity index (χ1v) is 6.02. The van der Waals surface area contributed by atoms with Gasteiger partial charge in [0.25, 0.3) is 0 Å². The molecule has 4 nitrogen and oxygen atoms in total. The molecule has 17 heavy (non-hydrogen) atoms. The van der Waals surface area contributed by atoms with Gasteiger partial charge in [-0.2, -0.15) is 0 Å². The third kappa shape index (κ3) is 2.55. The van der Waals surface area contributed by atoms with Crippen LogP contribution in [-0.4, -0.2) is 43.8 Å². The average molecular weight is 244 g/mol. The van der Waals surface area contributed by atoms with E-state index in [0.29, 0.717) is 6.42 Å². The average Bonchev–Trinajstić information content (AvgIpc) is 2.09. The molecule has 4 heteroatoms. The monoisotopic (exact) mass is 244 g/mol. The van der Waals surface area contributed by atoms with Crippen LogP contribution in [0.2, 0.25) is 0 Å². The highest BCUT2D eigenvalue weighted by molar-refractivity contribution is 5.21. The minimum absolute atomic E-state index is 0.122. The number of aliphatic hydroxyl groups excluding tert-OH is 2. The fraction of sp³-hybridized carbons (Fsp3) is 0.846. The lowest BCUT2D eigenvalue weighted by Crippen LogP contribution is -2.65. The maximum atomic E-state index is 10.7. The number of rotatable bonds is 2. The summed E-state index contributed by atoms with van der Waals surface area (Å²) >= 11 is 0. The SMILES string of the molecule is C[C@H](O)C=C[C@]1(O)C(C)(C)C[C@@H](O)C[C@]1(C)O. The molecular weight excluding hydrogens is 220 g/mol. The molecule has 100 valence electrons. The predicted molar refractivity (Wildman–Crippen MR) is 65.4 cm³/mol. The summed E-state index contributed by atoms with van der Waals surface area (Å²) in [5.74, 6) is 0. The van der Waals surface area contributed by atoms with Gasteiger partial charge >= 0.3 is 0 Å². The highest BCUT2D eigenvalue weighted by Gasteiger charge is 2.58. The van der Waals surface area contributed by atoms with Crippen LogP contribution in [0.25, 0.3) is 0 Å². The summed E-state index contributed by atoms with van der Waals surface area (Å²) in [5, 5.41) is 40.1. The maximum absolute atomic E-state index is 10.7. The van der Waals surface area contributed by atoms with E-state index in [0.717, 1.165) is 0 Å². The van der Waals surface area contributed by atoms with E-state index in [1.807, 2.05) is 0 Å². The lowest BCUT2D eigenvalue weighted by molar-refractivity contribution is -0.217. The summed E-state index contributed by atoms with van der Waals surface area (Å²) in [6, 6.07) is 0. The topological polar surface area (TPSA) is 80.9 Å². The Hall–Kier alpha value is -0.420. The smallest absolute Gasteiger partial charge is 0.116 e. The summed E-state index contributed by atoms with van der Waals surface area (Å²) in [7, 11) is 0. The van der Waals surface area contributed by atoms with E-state index in [-0.39, 0.29) is 6.42 Å². The fourth-order valence-corrected chi connectivity index (χ4v) is 2.84. The molecule has 0 spiro atoms. The van der Waals surface area contributed by atoms with Crippen molar-refractivity contribution in [3.8, 4) is 0 Å². The van der Waals surface area contributed by atoms with Crippen molar-refractivity contribution in [1.82, 2.24) is 0 Å². The van der Waals surface area contributed by atoms with Crippen molar-refractivity contribution in [2.45, 2.75) is 63.9 Å². The highest BCUT2D eigenvalue weighted by atomic mass is 16.4. The summed E-state index contributed by atoms with van der Waals surface area (Å²) < 4.78 is 0. The standard InChI is InChI=1S/C13H24O4/c1-9(14)5-6-13(17)11(2,3)7-10(15)8-12(13,4)16/h5-6,9-10,14-17H,7-8H2,1-4H3/t9-,10+,12-,13-/m0/s1. The molecule has 1 rings (SSSR count). The van der Waals surface area contributed by atoms with Crippen LogP contribution in [0.3, 0.4) is 0 Å². The second-order valence-corrected chi connectivity index (χ2v) is 6.09. The zero-order valence-corrected chi connectivity index (χ0v) is 11.0. The van der Waals surface area contributed by atoms with Gasteiger partial charge in [0.2, 0.25) is 0 Å². The van der Waals surface area contributed by atoms with Gasteiger partial charge in [0.05, 0.1) is 17.8 Å². The van der Waals surface area contributed by atoms with Gasteiger partial charge in [-0.15, -0.1) is 0 Å². The van der Waals surface area contributed by atoms with E-state index in [2.05, 4.69) is 0 Å². The molecule has 0 bridgehead atoms. The molecule has 0 saturated heterocycles. The second kappa shape index (κ2) is 4.35. The minimum atomic E-state index is -1.46. The van der Waals surface area contributed by atoms with Crippen LogP contribution in [0.1, 0.15) is 40.5 Å². The Kier molecular flexibility index (Phi) is 3.75. The number of aliphatic hydroxyl groups is 4. The van der Waals surface area contributed by atoms with Crippen molar-refractivity contribution >= 4 is 0 Å². The normalized spacial score (nSPS) is 43.9. The van der Waals surface area contributed by atoms with Crippen molar-refractivity contribution < 1.29 is 20.4 Å². The Morgan fingerprint density at radius 2 is 1.71 bits per heavy atom. The van der Waals surface area contributed by atoms with Gasteiger partial charge in [0.1, 0.15) is 5.60 Å². The van der Waals surface area contributed by atoms with E-state index in [9.17, 15) is 20.4 Å². The quantitative estimate of drug-likeness (QED) is 0.536. The summed E-state index contributed by atoms with van der Waals surface area (Å²) in [6.07, 6.45) is 2.15. The minimum Gasteiger partial charge on any atom is -0.393 e. The summed E-state index contributed by atoms with van der Waals surface area (Å²) in [5.41, 5.74) is -3.55. The predicted octanol–water partition coefficient (Wildman–Crippen LogP) is 0.586. The van der Waals surface area contributed by atoms with E-state index in [1.165, 1.54) is 19.1 Å². The van der Waals surface area contributed by atoms with E-state index in [4.69, 9.17) is 0 Å². The second-order valence-electron chi connectivity index (χ2n) is 6.09. The molecular formula is C13H24O4. The largest absolute Gasteiger partial charge is 0.393 e. The third-order valence-electron chi connectivity index (χ3n) is 3.85. The Balaban J connectivity index is 3.15. The molecule has 1 aliphatic rings. The zero-order valence-electron chi connectivity index (χ0n) is 11.0. The van der Waals surface area contributed by atoms with E-state index >= 15 is 0 Å². The van der Waals surface area contributed by atoms with Crippen LogP contribution in [0.4, 0.5) is 0 Å². The first-order valence-electron chi connectivity index (χ1n) is 6.02. The molecule has 0 aromatic rings. The van der Waals surface area contributed by atoms with Crippen LogP contribution >= 0.6 is 0 Å². The van der Waals surface area contributed by atoms with Gasteiger partial charge in [0, 0.05) is 11.8 Å². The van der Waals surface area contributed by atoms with Crippen LogP contribution in [0.15, 0.2) is 12.2 Å². The number of hydrogen-bond donors (Lipinski definition) is 4. The Morgan fingerprint density at radius 1 is 1.18 bits per heavy atom. The van der Waals surface area contributed by atoms with Gasteiger partial charge in [0.15, 0.2) is 0 Å². The molecule has 4 N–H and O–H groups in total. The molecule has 1 saturated carbocycles. The first-order chi connectivity index (χ1) is 7.52. The highest BCUT2D eigenvalue weighted by Crippen LogP contribution is 2.50. The molecule has 0 aromatic heterocycles. The van der Waals surface area contributed by atoms with Gasteiger partial charge in [-0.3, -0.25) is 0 Å². The van der Waals surface area contributed by atoms with Gasteiger partial charge in [-0.05, 0) is 20.3 Å². The third-order valence-corrected chi connectivity index (χ3v) is 3.85. The Labute approximate surface area is 103 Å². The van der Waals surface area contributed by atoms with Crippen molar-refractivity contribution in [3.63, 3.8) is 0 Å². The van der Waals surface area contributed by atoms with Crippen molar-refractivity contribution in [1.29, 1.82) is 0 Å². The molecule has 0 unspecified atom stereocenters. The van der Waals surface area contributed by atoms with Crippen LogP contribution in [0, 0.1) is 5.41 Å². The zero-order chi connectivity index (χ0) is 13.5. The molecule has 0 heterocycles. The van der Waals surface area contributed by atoms with Crippen LogP contribution in [-0.2, 0) is 0 Å². The first kappa shape index (κ1) is 14.6. The molecule has 0 radical (unpaired) electrons. The maximum Gasteiger partial charge on any atom is 0.116 e. The van der Waals surface area contributed by atoms with Crippen LogP contribution < -0.4 is 0 Å². The molecule has 1 aliphatic carbocycles. The Bertz CT molecular complexity index is 287. The van der Waals surface area contributed by atoms with Crippen LogP contribution in [0.5, 0.6) is 0 Å². The lowest BCUT2D eigenvalue weighted by Gasteiger charge is -2.54. The van der Waals surface area contributed by atoms with Gasteiger partial charge in [-0.25, -0.2) is 0 Å². The van der Waals surface area contributed by atoms with Gasteiger partial charge in [-0.1, -0.05) is 26.0 Å². The Morgan fingerprint density at radius 3 is 2.12 bits per heavy atom. The fourth-order valence-electron chi connectivity index (χ4n) is 2.84. The summed E-state index contributed by atoms with van der Waals surface area (Å²) in [6.45, 7) is 6.70. The molecule has 0 amide bonds. The molecule has 4 atom stereocenters. The number of hydrogen-bond acceptors (Lipinski definition) is 4. The van der Waals surface area contributed by atoms with E-state index < -0.39 is 28.8 Å². The van der Waals surface area contributed by atoms with Crippen molar-refractivity contribution in [3.05, 3.63) is 12.2 Å².